The number of amides is 1. The smallest absolute Gasteiger partial charge is 0.251 e. The van der Waals surface area contributed by atoms with Gasteiger partial charge in [-0.2, -0.15) is 0 Å². The maximum atomic E-state index is 13.5. The third kappa shape index (κ3) is 4.75. The highest BCUT2D eigenvalue weighted by Crippen LogP contribution is 2.31. The second kappa shape index (κ2) is 8.38. The van der Waals surface area contributed by atoms with Crippen LogP contribution in [0.2, 0.25) is 0 Å². The SMILES string of the molecule is CC[C@@H](C)N(C)c1nc2cc(C(=O)NC(C)(C)C)ccc2nc1-c1ccc(F)cc1. The van der Waals surface area contributed by atoms with Crippen LogP contribution in [0, 0.1) is 5.82 Å². The number of hydrogen-bond acceptors (Lipinski definition) is 4. The molecule has 3 rings (SSSR count). The van der Waals surface area contributed by atoms with Crippen LogP contribution >= 0.6 is 0 Å². The lowest BCUT2D eigenvalue weighted by Gasteiger charge is -2.27. The molecule has 0 aliphatic carbocycles. The summed E-state index contributed by atoms with van der Waals surface area (Å²) in [7, 11) is 1.98. The van der Waals surface area contributed by atoms with Gasteiger partial charge in [0.1, 0.15) is 11.5 Å². The average molecular weight is 409 g/mol. The number of aromatic nitrogens is 2. The summed E-state index contributed by atoms with van der Waals surface area (Å²) in [5, 5.41) is 2.97. The molecule has 0 saturated heterocycles. The van der Waals surface area contributed by atoms with E-state index in [9.17, 15) is 9.18 Å². The first-order valence-corrected chi connectivity index (χ1v) is 10.2. The van der Waals surface area contributed by atoms with E-state index in [0.717, 1.165) is 12.0 Å². The molecule has 6 heteroatoms. The van der Waals surface area contributed by atoms with Crippen LogP contribution in [0.25, 0.3) is 22.3 Å². The number of fused-ring (bicyclic) bond motifs is 1. The molecule has 0 aliphatic heterocycles. The summed E-state index contributed by atoms with van der Waals surface area (Å²) < 4.78 is 13.5. The number of carbonyl (C=O) groups is 1. The van der Waals surface area contributed by atoms with E-state index in [1.807, 2.05) is 27.8 Å². The third-order valence-electron chi connectivity index (χ3n) is 5.10. The topological polar surface area (TPSA) is 58.1 Å². The summed E-state index contributed by atoms with van der Waals surface area (Å²) in [4.78, 5) is 24.4. The lowest BCUT2D eigenvalue weighted by atomic mass is 10.1. The van der Waals surface area contributed by atoms with Gasteiger partial charge in [-0.3, -0.25) is 4.79 Å². The largest absolute Gasteiger partial charge is 0.355 e. The number of rotatable bonds is 5. The molecule has 0 bridgehead atoms. The van der Waals surface area contributed by atoms with Crippen molar-refractivity contribution >= 4 is 22.8 Å². The Bertz CT molecular complexity index is 1060. The van der Waals surface area contributed by atoms with E-state index in [2.05, 4.69) is 24.1 Å². The fourth-order valence-electron chi connectivity index (χ4n) is 3.13. The van der Waals surface area contributed by atoms with E-state index in [0.29, 0.717) is 28.1 Å². The molecule has 0 unspecified atom stereocenters. The van der Waals surface area contributed by atoms with Gasteiger partial charge in [-0.05, 0) is 76.6 Å². The fraction of sp³-hybridized carbons (Fsp3) is 0.375. The van der Waals surface area contributed by atoms with Gasteiger partial charge in [-0.25, -0.2) is 14.4 Å². The van der Waals surface area contributed by atoms with Gasteiger partial charge in [-0.15, -0.1) is 0 Å². The molecule has 0 radical (unpaired) electrons. The second-order valence-corrected chi connectivity index (χ2v) is 8.68. The fourth-order valence-corrected chi connectivity index (χ4v) is 3.13. The zero-order valence-corrected chi connectivity index (χ0v) is 18.5. The Morgan fingerprint density at radius 1 is 1.10 bits per heavy atom. The van der Waals surface area contributed by atoms with Crippen molar-refractivity contribution in [3.63, 3.8) is 0 Å². The molecule has 1 amide bonds. The normalized spacial score (nSPS) is 12.6. The number of anilines is 1. The van der Waals surface area contributed by atoms with Crippen LogP contribution in [0.5, 0.6) is 0 Å². The summed E-state index contributed by atoms with van der Waals surface area (Å²) in [6.45, 7) is 10.1. The van der Waals surface area contributed by atoms with Crippen molar-refractivity contribution in [2.45, 2.75) is 52.6 Å². The summed E-state index contributed by atoms with van der Waals surface area (Å²) in [6.07, 6.45) is 0.938. The Morgan fingerprint density at radius 3 is 2.37 bits per heavy atom. The molecule has 1 N–H and O–H groups in total. The van der Waals surface area contributed by atoms with E-state index < -0.39 is 0 Å². The van der Waals surface area contributed by atoms with Crippen LogP contribution in [0.15, 0.2) is 42.5 Å². The molecule has 0 spiro atoms. The van der Waals surface area contributed by atoms with Crippen molar-refractivity contribution < 1.29 is 9.18 Å². The molecule has 30 heavy (non-hydrogen) atoms. The van der Waals surface area contributed by atoms with Crippen LogP contribution in [0.1, 0.15) is 51.4 Å². The molecule has 1 aromatic heterocycles. The van der Waals surface area contributed by atoms with Crippen LogP contribution in [-0.2, 0) is 0 Å². The number of nitrogens with zero attached hydrogens (tertiary/aromatic N) is 3. The highest BCUT2D eigenvalue weighted by atomic mass is 19.1. The zero-order chi connectivity index (χ0) is 22.1. The van der Waals surface area contributed by atoms with Crippen LogP contribution < -0.4 is 10.2 Å². The van der Waals surface area contributed by atoms with E-state index in [4.69, 9.17) is 9.97 Å². The van der Waals surface area contributed by atoms with E-state index >= 15 is 0 Å². The Kier molecular flexibility index (Phi) is 6.06. The minimum Gasteiger partial charge on any atom is -0.355 e. The van der Waals surface area contributed by atoms with Gasteiger partial charge < -0.3 is 10.2 Å². The standard InChI is InChI=1S/C24H29FN4O/c1-7-15(2)29(6)22-21(16-8-11-18(25)12-9-16)26-19-13-10-17(14-20(19)27-22)23(30)28-24(3,4)5/h8-15H,7H2,1-6H3,(H,28,30)/t15-/m1/s1. The molecule has 0 fully saturated rings. The second-order valence-electron chi connectivity index (χ2n) is 8.68. The van der Waals surface area contributed by atoms with Crippen molar-refractivity contribution in [2.24, 2.45) is 0 Å². The number of carbonyl (C=O) groups excluding carboxylic acids is 1. The van der Waals surface area contributed by atoms with Crippen molar-refractivity contribution in [3.05, 3.63) is 53.8 Å². The molecule has 0 saturated carbocycles. The minimum absolute atomic E-state index is 0.148. The molecular formula is C24H29FN4O. The maximum Gasteiger partial charge on any atom is 0.251 e. The average Bonchev–Trinajstić information content (AvgIpc) is 2.70. The van der Waals surface area contributed by atoms with Gasteiger partial charge in [0.2, 0.25) is 0 Å². The van der Waals surface area contributed by atoms with Crippen molar-refractivity contribution in [2.75, 3.05) is 11.9 Å². The summed E-state index contributed by atoms with van der Waals surface area (Å²) >= 11 is 0. The Morgan fingerprint density at radius 2 is 1.77 bits per heavy atom. The van der Waals surface area contributed by atoms with Crippen LogP contribution in [0.3, 0.4) is 0 Å². The van der Waals surface area contributed by atoms with Gasteiger partial charge in [-0.1, -0.05) is 6.92 Å². The molecule has 1 atom stereocenters. The highest BCUT2D eigenvalue weighted by molar-refractivity contribution is 5.98. The first-order valence-electron chi connectivity index (χ1n) is 10.2. The lowest BCUT2D eigenvalue weighted by molar-refractivity contribution is 0.0919. The third-order valence-corrected chi connectivity index (χ3v) is 5.10. The number of nitrogens with one attached hydrogen (secondary N) is 1. The molecule has 2 aromatic carbocycles. The molecular weight excluding hydrogens is 379 g/mol. The Labute approximate surface area is 177 Å². The molecule has 0 aliphatic rings. The summed E-state index contributed by atoms with van der Waals surface area (Å²) in [6, 6.07) is 11.8. The first kappa shape index (κ1) is 21.7. The van der Waals surface area contributed by atoms with Crippen molar-refractivity contribution in [3.8, 4) is 11.3 Å². The van der Waals surface area contributed by atoms with Crippen molar-refractivity contribution in [1.82, 2.24) is 15.3 Å². The number of halogens is 1. The number of hydrogen-bond donors (Lipinski definition) is 1. The first-order chi connectivity index (χ1) is 14.1. The predicted octanol–water partition coefficient (Wildman–Crippen LogP) is 5.20. The van der Waals surface area contributed by atoms with E-state index in [1.54, 1.807) is 30.3 Å². The molecule has 5 nitrogen and oxygen atoms in total. The summed E-state index contributed by atoms with van der Waals surface area (Å²) in [5.41, 5.74) is 3.03. The highest BCUT2D eigenvalue weighted by Gasteiger charge is 2.20. The Hall–Kier alpha value is -3.02. The molecule has 1 heterocycles. The monoisotopic (exact) mass is 408 g/mol. The van der Waals surface area contributed by atoms with Gasteiger partial charge in [0.05, 0.1) is 11.0 Å². The zero-order valence-electron chi connectivity index (χ0n) is 18.5. The summed E-state index contributed by atoms with van der Waals surface area (Å²) in [5.74, 6) is 0.265. The molecule has 158 valence electrons. The number of benzene rings is 2. The Balaban J connectivity index is 2.14. The van der Waals surface area contributed by atoms with Gasteiger partial charge in [0, 0.05) is 29.8 Å². The van der Waals surface area contributed by atoms with Crippen LogP contribution in [-0.4, -0.2) is 34.5 Å². The van der Waals surface area contributed by atoms with Gasteiger partial charge >= 0.3 is 0 Å². The minimum atomic E-state index is -0.327. The van der Waals surface area contributed by atoms with E-state index in [-0.39, 0.29) is 23.3 Å². The van der Waals surface area contributed by atoms with Crippen molar-refractivity contribution in [1.29, 1.82) is 0 Å². The molecule has 3 aromatic rings. The van der Waals surface area contributed by atoms with E-state index in [1.165, 1.54) is 12.1 Å². The van der Waals surface area contributed by atoms with Crippen LogP contribution in [0.4, 0.5) is 10.2 Å². The van der Waals surface area contributed by atoms with Gasteiger partial charge in [0.25, 0.3) is 5.91 Å². The van der Waals surface area contributed by atoms with Gasteiger partial charge in [0.15, 0.2) is 5.82 Å². The lowest BCUT2D eigenvalue weighted by Crippen LogP contribution is -2.40. The maximum absolute atomic E-state index is 13.5. The predicted molar refractivity (Wildman–Crippen MR) is 120 cm³/mol. The quantitative estimate of drug-likeness (QED) is 0.630.